The van der Waals surface area contributed by atoms with Crippen LogP contribution in [0.15, 0.2) is 48.5 Å². The van der Waals surface area contributed by atoms with Crippen molar-refractivity contribution in [3.05, 3.63) is 70.8 Å². The fraction of sp³-hybridized carbons (Fsp3) is 0.158. The van der Waals surface area contributed by atoms with E-state index in [4.69, 9.17) is 12.8 Å². The van der Waals surface area contributed by atoms with Crippen LogP contribution in [0.4, 0.5) is 26.3 Å². The first-order chi connectivity index (χ1) is 11.6. The van der Waals surface area contributed by atoms with Gasteiger partial charge in [0.2, 0.25) is 5.41 Å². The molecule has 0 aliphatic heterocycles. The van der Waals surface area contributed by atoms with Crippen molar-refractivity contribution in [1.82, 2.24) is 0 Å². The molecule has 6 heteroatoms. The first-order valence-corrected chi connectivity index (χ1v) is 6.85. The number of benzene rings is 2. The van der Waals surface area contributed by atoms with Crippen LogP contribution in [0.3, 0.4) is 0 Å². The van der Waals surface area contributed by atoms with Gasteiger partial charge in [-0.15, -0.1) is 12.8 Å². The molecule has 0 radical (unpaired) electrons. The van der Waals surface area contributed by atoms with Gasteiger partial charge in [0.1, 0.15) is 0 Å². The molecule has 0 heterocycles. The van der Waals surface area contributed by atoms with Crippen LogP contribution in [-0.2, 0) is 5.41 Å². The molecule has 128 valence electrons. The maximum Gasteiger partial charge on any atom is 0.411 e. The molecular weight excluding hydrogens is 342 g/mol. The van der Waals surface area contributed by atoms with Gasteiger partial charge in [-0.05, 0) is 35.4 Å². The maximum absolute atomic E-state index is 13.8. The van der Waals surface area contributed by atoms with Gasteiger partial charge in [0, 0.05) is 11.1 Å². The van der Waals surface area contributed by atoms with E-state index in [-0.39, 0.29) is 11.1 Å². The van der Waals surface area contributed by atoms with Crippen LogP contribution in [0.5, 0.6) is 0 Å². The van der Waals surface area contributed by atoms with E-state index in [0.29, 0.717) is 0 Å². The maximum atomic E-state index is 13.8. The summed E-state index contributed by atoms with van der Waals surface area (Å²) in [5.74, 6) is 4.31. The molecule has 25 heavy (non-hydrogen) atoms. The zero-order valence-electron chi connectivity index (χ0n) is 12.5. The average molecular weight is 352 g/mol. The van der Waals surface area contributed by atoms with E-state index in [1.54, 1.807) is 0 Å². The highest BCUT2D eigenvalue weighted by atomic mass is 19.4. The second-order valence-electron chi connectivity index (χ2n) is 5.19. The minimum Gasteiger partial charge on any atom is -0.169 e. The lowest BCUT2D eigenvalue weighted by molar-refractivity contribution is -0.288. The molecule has 0 N–H and O–H groups in total. The molecule has 0 aromatic heterocycles. The summed E-state index contributed by atoms with van der Waals surface area (Å²) in [6, 6.07) is 7.12. The Labute approximate surface area is 140 Å². The standard InChI is InChI=1S/C19H10F6/c1-3-13-5-9-15(10-6-13)17(18(20,21)22,19(23,24)25)16-11-7-14(4-2)8-12-16/h1-2,5-12H. The van der Waals surface area contributed by atoms with Crippen LogP contribution in [-0.4, -0.2) is 12.4 Å². The number of rotatable bonds is 2. The molecule has 0 nitrogen and oxygen atoms in total. The zero-order valence-corrected chi connectivity index (χ0v) is 12.5. The van der Waals surface area contributed by atoms with E-state index in [1.807, 2.05) is 0 Å². The van der Waals surface area contributed by atoms with Crippen molar-refractivity contribution in [2.24, 2.45) is 0 Å². The fourth-order valence-corrected chi connectivity index (χ4v) is 2.61. The van der Waals surface area contributed by atoms with Crippen molar-refractivity contribution in [3.8, 4) is 24.7 Å². The summed E-state index contributed by atoms with van der Waals surface area (Å²) in [4.78, 5) is 0. The van der Waals surface area contributed by atoms with E-state index >= 15 is 0 Å². The van der Waals surface area contributed by atoms with Gasteiger partial charge < -0.3 is 0 Å². The molecule has 2 aromatic carbocycles. The molecule has 0 atom stereocenters. The second kappa shape index (κ2) is 6.22. The normalized spacial score (nSPS) is 12.3. The number of hydrogen-bond acceptors (Lipinski definition) is 0. The van der Waals surface area contributed by atoms with Gasteiger partial charge in [0.25, 0.3) is 0 Å². The molecule has 0 aliphatic carbocycles. The van der Waals surface area contributed by atoms with Gasteiger partial charge in [0.05, 0.1) is 0 Å². The topological polar surface area (TPSA) is 0 Å². The minimum atomic E-state index is -5.64. The molecule has 0 spiro atoms. The van der Waals surface area contributed by atoms with E-state index in [1.165, 1.54) is 0 Å². The van der Waals surface area contributed by atoms with E-state index in [0.717, 1.165) is 48.5 Å². The molecular formula is C19H10F6. The number of alkyl halides is 6. The van der Waals surface area contributed by atoms with Crippen LogP contribution in [0.2, 0.25) is 0 Å². The van der Waals surface area contributed by atoms with Crippen molar-refractivity contribution < 1.29 is 26.3 Å². The summed E-state index contributed by atoms with van der Waals surface area (Å²) in [5, 5.41) is 0. The van der Waals surface area contributed by atoms with Crippen LogP contribution < -0.4 is 0 Å². The summed E-state index contributed by atoms with van der Waals surface area (Å²) in [6.45, 7) is 0. The summed E-state index contributed by atoms with van der Waals surface area (Å²) in [6.07, 6.45) is -1.06. The lowest BCUT2D eigenvalue weighted by Gasteiger charge is -2.38. The van der Waals surface area contributed by atoms with E-state index < -0.39 is 28.9 Å². The van der Waals surface area contributed by atoms with Crippen molar-refractivity contribution in [2.75, 3.05) is 0 Å². The summed E-state index contributed by atoms with van der Waals surface area (Å²) in [5.41, 5.74) is -5.80. The Morgan fingerprint density at radius 1 is 0.560 bits per heavy atom. The Morgan fingerprint density at radius 2 is 0.840 bits per heavy atom. The molecule has 2 aromatic rings. The predicted octanol–water partition coefficient (Wildman–Crippen LogP) is 5.06. The highest BCUT2D eigenvalue weighted by Crippen LogP contribution is 2.56. The smallest absolute Gasteiger partial charge is 0.169 e. The summed E-state index contributed by atoms with van der Waals surface area (Å²) >= 11 is 0. The molecule has 0 fully saturated rings. The number of hydrogen-bond donors (Lipinski definition) is 0. The Balaban J connectivity index is 2.86. The third-order valence-electron chi connectivity index (χ3n) is 3.82. The molecule has 0 saturated carbocycles. The predicted molar refractivity (Wildman–Crippen MR) is 81.6 cm³/mol. The van der Waals surface area contributed by atoms with Crippen molar-refractivity contribution in [2.45, 2.75) is 17.8 Å². The lowest BCUT2D eigenvalue weighted by Crippen LogP contribution is -2.54. The summed E-state index contributed by atoms with van der Waals surface area (Å²) in [7, 11) is 0. The average Bonchev–Trinajstić information content (AvgIpc) is 2.54. The molecule has 2 rings (SSSR count). The molecule has 0 bridgehead atoms. The second-order valence-corrected chi connectivity index (χ2v) is 5.19. The van der Waals surface area contributed by atoms with Gasteiger partial charge in [-0.2, -0.15) is 26.3 Å². The number of terminal acetylenes is 2. The highest BCUT2D eigenvalue weighted by Gasteiger charge is 2.72. The Kier molecular flexibility index (Phi) is 4.59. The van der Waals surface area contributed by atoms with Crippen LogP contribution in [0, 0.1) is 24.7 Å². The SMILES string of the molecule is C#Cc1ccc(C(c2ccc(C#C)cc2)(C(F)(F)F)C(F)(F)F)cc1. The van der Waals surface area contributed by atoms with Gasteiger partial charge in [-0.3, -0.25) is 0 Å². The quantitative estimate of drug-likeness (QED) is 0.524. The first kappa shape index (κ1) is 18.5. The van der Waals surface area contributed by atoms with Gasteiger partial charge in [0.15, 0.2) is 0 Å². The van der Waals surface area contributed by atoms with Gasteiger partial charge in [-0.1, -0.05) is 36.1 Å². The first-order valence-electron chi connectivity index (χ1n) is 6.85. The van der Waals surface area contributed by atoms with E-state index in [9.17, 15) is 26.3 Å². The Morgan fingerprint density at radius 3 is 1.04 bits per heavy atom. The highest BCUT2D eigenvalue weighted by molar-refractivity contribution is 5.48. The van der Waals surface area contributed by atoms with Crippen molar-refractivity contribution in [3.63, 3.8) is 0 Å². The molecule has 0 unspecified atom stereocenters. The molecule has 0 saturated heterocycles. The molecule has 0 amide bonds. The Bertz CT molecular complexity index is 751. The largest absolute Gasteiger partial charge is 0.411 e. The summed E-state index contributed by atoms with van der Waals surface area (Å²) < 4.78 is 82.8. The van der Waals surface area contributed by atoms with Crippen molar-refractivity contribution >= 4 is 0 Å². The van der Waals surface area contributed by atoms with Crippen LogP contribution in [0.1, 0.15) is 22.3 Å². The number of halogens is 6. The monoisotopic (exact) mass is 352 g/mol. The van der Waals surface area contributed by atoms with Gasteiger partial charge in [-0.25, -0.2) is 0 Å². The zero-order chi connectivity index (χ0) is 18.9. The van der Waals surface area contributed by atoms with Crippen LogP contribution in [0.25, 0.3) is 0 Å². The fourth-order valence-electron chi connectivity index (χ4n) is 2.61. The van der Waals surface area contributed by atoms with Crippen LogP contribution >= 0.6 is 0 Å². The molecule has 0 aliphatic rings. The minimum absolute atomic E-state index is 0.171. The van der Waals surface area contributed by atoms with Crippen molar-refractivity contribution in [1.29, 1.82) is 0 Å². The van der Waals surface area contributed by atoms with E-state index in [2.05, 4.69) is 11.8 Å². The third-order valence-corrected chi connectivity index (χ3v) is 3.82. The third kappa shape index (κ3) is 2.96. The lowest BCUT2D eigenvalue weighted by atomic mass is 9.72. The van der Waals surface area contributed by atoms with Gasteiger partial charge >= 0.3 is 12.4 Å². The Hall–Kier alpha value is -2.86.